The smallest absolute Gasteiger partial charge is 0.254 e. The van der Waals surface area contributed by atoms with Crippen LogP contribution in [0.2, 0.25) is 0 Å². The molecule has 138 valence electrons. The molecule has 6 nitrogen and oxygen atoms in total. The zero-order valence-electron chi connectivity index (χ0n) is 15.5. The van der Waals surface area contributed by atoms with E-state index in [0.29, 0.717) is 18.7 Å². The minimum atomic E-state index is -1.13. The molecule has 0 bridgehead atoms. The van der Waals surface area contributed by atoms with Crippen LogP contribution in [-0.2, 0) is 18.4 Å². The van der Waals surface area contributed by atoms with Gasteiger partial charge in [-0.2, -0.15) is 0 Å². The fraction of sp³-hybridized carbons (Fsp3) is 0.550. The number of likely N-dealkylation sites (tertiary alicyclic amines) is 1. The van der Waals surface area contributed by atoms with Crippen LogP contribution in [0.15, 0.2) is 24.4 Å². The second-order valence-electron chi connectivity index (χ2n) is 7.84. The second-order valence-corrected chi connectivity index (χ2v) is 7.84. The monoisotopic (exact) mass is 354 g/mol. The van der Waals surface area contributed by atoms with Gasteiger partial charge in [-0.05, 0) is 63.1 Å². The quantitative estimate of drug-likeness (QED) is 0.919. The number of fused-ring (bicyclic) bond motifs is 1. The van der Waals surface area contributed by atoms with Crippen molar-refractivity contribution < 1.29 is 9.90 Å². The Morgan fingerprint density at radius 1 is 1.27 bits per heavy atom. The Kier molecular flexibility index (Phi) is 4.31. The highest BCUT2D eigenvalue weighted by Crippen LogP contribution is 2.32. The molecular weight excluding hydrogens is 328 g/mol. The third-order valence-corrected chi connectivity index (χ3v) is 5.65. The summed E-state index contributed by atoms with van der Waals surface area (Å²) in [6, 6.07) is 6.21. The molecular formula is C20H26N4O2. The van der Waals surface area contributed by atoms with E-state index >= 15 is 0 Å². The molecule has 0 saturated carbocycles. The summed E-state index contributed by atoms with van der Waals surface area (Å²) in [6.45, 7) is 4.99. The van der Waals surface area contributed by atoms with Gasteiger partial charge < -0.3 is 10.0 Å². The second kappa shape index (κ2) is 6.50. The molecule has 2 aromatic rings. The van der Waals surface area contributed by atoms with E-state index in [1.807, 2.05) is 26.0 Å². The van der Waals surface area contributed by atoms with Crippen LogP contribution in [0, 0.1) is 0 Å². The average Bonchev–Trinajstić information content (AvgIpc) is 3.30. The SMILES string of the molecule is CC(C)n1cc([C@@]2(O)CCCN(C(=O)c3cccc4c3CCC4)C2)nn1. The molecule has 1 atom stereocenters. The van der Waals surface area contributed by atoms with Crippen molar-refractivity contribution in [1.29, 1.82) is 0 Å². The van der Waals surface area contributed by atoms with Gasteiger partial charge in [0.05, 0.1) is 12.7 Å². The number of hydrogen-bond acceptors (Lipinski definition) is 4. The number of amides is 1. The Bertz CT molecular complexity index is 829. The van der Waals surface area contributed by atoms with Crippen molar-refractivity contribution in [3.63, 3.8) is 0 Å². The highest BCUT2D eigenvalue weighted by molar-refractivity contribution is 5.96. The average molecular weight is 354 g/mol. The molecule has 1 aromatic carbocycles. The van der Waals surface area contributed by atoms with E-state index in [1.165, 1.54) is 11.1 Å². The normalized spacial score (nSPS) is 22.7. The maximum atomic E-state index is 13.2. The molecule has 0 unspecified atom stereocenters. The maximum absolute atomic E-state index is 13.2. The molecule has 1 saturated heterocycles. The number of carbonyl (C=O) groups is 1. The molecule has 6 heteroatoms. The number of aromatic nitrogens is 3. The van der Waals surface area contributed by atoms with Crippen molar-refractivity contribution >= 4 is 5.91 Å². The van der Waals surface area contributed by atoms with E-state index in [4.69, 9.17) is 0 Å². The first-order valence-corrected chi connectivity index (χ1v) is 9.53. The lowest BCUT2D eigenvalue weighted by Crippen LogP contribution is -2.49. The van der Waals surface area contributed by atoms with Crippen LogP contribution in [0.25, 0.3) is 0 Å². The lowest BCUT2D eigenvalue weighted by atomic mass is 9.89. The molecule has 1 aromatic heterocycles. The molecule has 1 N–H and O–H groups in total. The number of rotatable bonds is 3. The number of aryl methyl sites for hydroxylation is 1. The molecule has 26 heavy (non-hydrogen) atoms. The topological polar surface area (TPSA) is 71.2 Å². The summed E-state index contributed by atoms with van der Waals surface area (Å²) in [5.74, 6) is 0.0260. The molecule has 0 spiro atoms. The van der Waals surface area contributed by atoms with E-state index in [2.05, 4.69) is 16.4 Å². The first kappa shape index (κ1) is 17.2. The number of benzene rings is 1. The molecule has 1 aliphatic heterocycles. The highest BCUT2D eigenvalue weighted by atomic mass is 16.3. The first-order valence-electron chi connectivity index (χ1n) is 9.53. The Morgan fingerprint density at radius 3 is 2.88 bits per heavy atom. The molecule has 0 radical (unpaired) electrons. The van der Waals surface area contributed by atoms with Gasteiger partial charge in [0.15, 0.2) is 0 Å². The van der Waals surface area contributed by atoms with Crippen molar-refractivity contribution in [2.75, 3.05) is 13.1 Å². The largest absolute Gasteiger partial charge is 0.382 e. The fourth-order valence-electron chi connectivity index (χ4n) is 4.15. The number of β-amino-alcohol motifs (C(OH)–C–C–N with tert-alkyl or cyclic N) is 1. The Labute approximate surface area is 153 Å². The number of piperidine rings is 1. The van der Waals surface area contributed by atoms with E-state index in [1.54, 1.807) is 15.8 Å². The maximum Gasteiger partial charge on any atom is 0.254 e. The van der Waals surface area contributed by atoms with Crippen LogP contribution in [-0.4, -0.2) is 44.0 Å². The molecule has 1 fully saturated rings. The van der Waals surface area contributed by atoms with Crippen LogP contribution >= 0.6 is 0 Å². The van der Waals surface area contributed by atoms with Gasteiger partial charge in [-0.25, -0.2) is 4.68 Å². The minimum Gasteiger partial charge on any atom is -0.382 e. The summed E-state index contributed by atoms with van der Waals surface area (Å²) in [5, 5.41) is 19.5. The molecule has 1 aliphatic carbocycles. The van der Waals surface area contributed by atoms with Crippen molar-refractivity contribution in [1.82, 2.24) is 19.9 Å². The number of aliphatic hydroxyl groups is 1. The number of nitrogens with zero attached hydrogens (tertiary/aromatic N) is 4. The van der Waals surface area contributed by atoms with Gasteiger partial charge in [0.25, 0.3) is 5.91 Å². The van der Waals surface area contributed by atoms with Gasteiger partial charge in [0, 0.05) is 18.2 Å². The fourth-order valence-corrected chi connectivity index (χ4v) is 4.15. The van der Waals surface area contributed by atoms with E-state index < -0.39 is 5.60 Å². The zero-order chi connectivity index (χ0) is 18.3. The van der Waals surface area contributed by atoms with Gasteiger partial charge in [0.1, 0.15) is 11.3 Å². The van der Waals surface area contributed by atoms with Crippen LogP contribution < -0.4 is 0 Å². The van der Waals surface area contributed by atoms with Gasteiger partial charge in [-0.1, -0.05) is 17.3 Å². The van der Waals surface area contributed by atoms with Crippen LogP contribution in [0.1, 0.15) is 66.3 Å². The molecule has 4 rings (SSSR count). The minimum absolute atomic E-state index is 0.0260. The number of hydrogen-bond donors (Lipinski definition) is 1. The summed E-state index contributed by atoms with van der Waals surface area (Å²) in [6.07, 6.45) is 6.30. The number of carbonyl (C=O) groups excluding carboxylic acids is 1. The summed E-state index contributed by atoms with van der Waals surface area (Å²) in [5.41, 5.74) is 2.72. The molecule has 1 amide bonds. The van der Waals surface area contributed by atoms with E-state index in [-0.39, 0.29) is 18.5 Å². The zero-order valence-corrected chi connectivity index (χ0v) is 15.5. The standard InChI is InChI=1S/C20H26N4O2/c1-14(2)24-12-18(21-22-24)20(26)10-5-11-23(13-20)19(25)17-9-4-7-15-6-3-8-16(15)17/h4,7,9,12,14,26H,3,5-6,8,10-11,13H2,1-2H3/t20-/m1/s1. The Balaban J connectivity index is 1.58. The summed E-state index contributed by atoms with van der Waals surface area (Å²) in [7, 11) is 0. The summed E-state index contributed by atoms with van der Waals surface area (Å²) < 4.78 is 1.75. The predicted molar refractivity (Wildman–Crippen MR) is 97.9 cm³/mol. The van der Waals surface area contributed by atoms with E-state index in [9.17, 15) is 9.90 Å². The lowest BCUT2D eigenvalue weighted by Gasteiger charge is -2.38. The Hall–Kier alpha value is -2.21. The lowest BCUT2D eigenvalue weighted by molar-refractivity contribution is -0.0321. The van der Waals surface area contributed by atoms with Crippen LogP contribution in [0.3, 0.4) is 0 Å². The van der Waals surface area contributed by atoms with Crippen molar-refractivity contribution in [3.8, 4) is 0 Å². The first-order chi connectivity index (χ1) is 12.5. The van der Waals surface area contributed by atoms with Crippen molar-refractivity contribution in [3.05, 3.63) is 46.8 Å². The van der Waals surface area contributed by atoms with Crippen LogP contribution in [0.4, 0.5) is 0 Å². The van der Waals surface area contributed by atoms with Gasteiger partial charge in [-0.15, -0.1) is 5.10 Å². The van der Waals surface area contributed by atoms with Gasteiger partial charge >= 0.3 is 0 Å². The van der Waals surface area contributed by atoms with Crippen molar-refractivity contribution in [2.45, 2.75) is 57.6 Å². The predicted octanol–water partition coefficient (Wildman–Crippen LogP) is 2.47. The van der Waals surface area contributed by atoms with Crippen LogP contribution in [0.5, 0.6) is 0 Å². The third kappa shape index (κ3) is 2.92. The third-order valence-electron chi connectivity index (χ3n) is 5.65. The highest BCUT2D eigenvalue weighted by Gasteiger charge is 2.40. The van der Waals surface area contributed by atoms with E-state index in [0.717, 1.165) is 31.2 Å². The molecule has 2 heterocycles. The van der Waals surface area contributed by atoms with Gasteiger partial charge in [0.2, 0.25) is 0 Å². The summed E-state index contributed by atoms with van der Waals surface area (Å²) in [4.78, 5) is 14.9. The summed E-state index contributed by atoms with van der Waals surface area (Å²) >= 11 is 0. The Morgan fingerprint density at radius 2 is 2.12 bits per heavy atom. The van der Waals surface area contributed by atoms with Crippen molar-refractivity contribution in [2.24, 2.45) is 0 Å². The molecule has 2 aliphatic rings. The van der Waals surface area contributed by atoms with Gasteiger partial charge in [-0.3, -0.25) is 4.79 Å².